The summed E-state index contributed by atoms with van der Waals surface area (Å²) in [6.07, 6.45) is 3.26. The van der Waals surface area contributed by atoms with Crippen LogP contribution in [0.4, 0.5) is 0 Å². The van der Waals surface area contributed by atoms with E-state index in [0.29, 0.717) is 5.12 Å². The number of unbranched alkanes of at least 4 members (excludes halogenated alkanes) is 1. The van der Waals surface area contributed by atoms with Crippen molar-refractivity contribution in [3.8, 4) is 0 Å². The van der Waals surface area contributed by atoms with Gasteiger partial charge in [-0.1, -0.05) is 45.9 Å². The average molecular weight is 188 g/mol. The highest BCUT2D eigenvalue weighted by Gasteiger charge is 2.24. The summed E-state index contributed by atoms with van der Waals surface area (Å²) in [6, 6.07) is 0. The molecule has 0 aromatic rings. The highest BCUT2D eigenvalue weighted by Crippen LogP contribution is 2.27. The Morgan fingerprint density at radius 1 is 1.33 bits per heavy atom. The zero-order valence-corrected chi connectivity index (χ0v) is 9.46. The van der Waals surface area contributed by atoms with Crippen LogP contribution >= 0.6 is 11.8 Å². The van der Waals surface area contributed by atoms with E-state index < -0.39 is 0 Å². The predicted octanol–water partition coefficient (Wildman–Crippen LogP) is 3.48. The molecule has 0 atom stereocenters. The summed E-state index contributed by atoms with van der Waals surface area (Å²) in [4.78, 5) is 11.5. The molecule has 0 aromatic carbocycles. The lowest BCUT2D eigenvalue weighted by Gasteiger charge is -2.19. The first-order valence-electron chi connectivity index (χ1n) is 4.71. The van der Waals surface area contributed by atoms with Crippen molar-refractivity contribution in [2.75, 3.05) is 5.75 Å². The van der Waals surface area contributed by atoms with E-state index in [1.807, 2.05) is 13.8 Å². The van der Waals surface area contributed by atoms with Gasteiger partial charge in [0, 0.05) is 11.2 Å². The van der Waals surface area contributed by atoms with E-state index in [-0.39, 0.29) is 5.41 Å². The monoisotopic (exact) mass is 188 g/mol. The molecule has 0 heterocycles. The van der Waals surface area contributed by atoms with Crippen LogP contribution in [-0.4, -0.2) is 10.9 Å². The van der Waals surface area contributed by atoms with Crippen LogP contribution in [0.3, 0.4) is 0 Å². The molecule has 0 unspecified atom stereocenters. The summed E-state index contributed by atoms with van der Waals surface area (Å²) in [5.41, 5.74) is -0.127. The van der Waals surface area contributed by atoms with Crippen molar-refractivity contribution in [1.82, 2.24) is 0 Å². The van der Waals surface area contributed by atoms with Crippen LogP contribution in [0.15, 0.2) is 0 Å². The molecule has 0 saturated carbocycles. The van der Waals surface area contributed by atoms with Gasteiger partial charge in [0.1, 0.15) is 0 Å². The highest BCUT2D eigenvalue weighted by atomic mass is 32.2. The van der Waals surface area contributed by atoms with Crippen LogP contribution in [0.5, 0.6) is 0 Å². The maximum absolute atomic E-state index is 11.5. The van der Waals surface area contributed by atoms with Gasteiger partial charge in [-0.15, -0.1) is 0 Å². The van der Waals surface area contributed by atoms with Crippen molar-refractivity contribution in [3.63, 3.8) is 0 Å². The Labute approximate surface area is 80.3 Å². The maximum atomic E-state index is 11.5. The van der Waals surface area contributed by atoms with E-state index >= 15 is 0 Å². The summed E-state index contributed by atoms with van der Waals surface area (Å²) in [5.74, 6) is 0.985. The fourth-order valence-electron chi connectivity index (χ4n) is 0.649. The van der Waals surface area contributed by atoms with E-state index in [1.165, 1.54) is 18.2 Å². The summed E-state index contributed by atoms with van der Waals surface area (Å²) >= 11 is 1.49. The lowest BCUT2D eigenvalue weighted by Crippen LogP contribution is -2.20. The molecule has 0 aliphatic rings. The van der Waals surface area contributed by atoms with Gasteiger partial charge in [-0.25, -0.2) is 0 Å². The summed E-state index contributed by atoms with van der Waals surface area (Å²) < 4.78 is 0. The van der Waals surface area contributed by atoms with Crippen molar-refractivity contribution in [2.45, 2.75) is 47.0 Å². The van der Waals surface area contributed by atoms with E-state index in [0.717, 1.165) is 18.6 Å². The van der Waals surface area contributed by atoms with Crippen LogP contribution < -0.4 is 0 Å². The zero-order valence-electron chi connectivity index (χ0n) is 8.64. The SMILES string of the molecule is CCCCSC(=O)C(C)(C)CC. The molecule has 0 amide bonds. The van der Waals surface area contributed by atoms with E-state index in [4.69, 9.17) is 0 Å². The third-order valence-corrected chi connectivity index (χ3v) is 3.48. The van der Waals surface area contributed by atoms with Crippen molar-refractivity contribution in [1.29, 1.82) is 0 Å². The molecule has 0 aromatic heterocycles. The Bertz CT molecular complexity index is 141. The molecule has 0 rings (SSSR count). The molecular weight excluding hydrogens is 168 g/mol. The standard InChI is InChI=1S/C10H20OS/c1-5-7-8-12-9(11)10(3,4)6-2/h5-8H2,1-4H3. The quantitative estimate of drug-likeness (QED) is 0.614. The van der Waals surface area contributed by atoms with Gasteiger partial charge in [-0.3, -0.25) is 4.79 Å². The number of hydrogen-bond acceptors (Lipinski definition) is 2. The Morgan fingerprint density at radius 3 is 2.33 bits per heavy atom. The second-order valence-corrected chi connectivity index (χ2v) is 4.79. The summed E-state index contributed by atoms with van der Waals surface area (Å²) in [6.45, 7) is 8.26. The Kier molecular flexibility index (Phi) is 5.64. The van der Waals surface area contributed by atoms with Gasteiger partial charge in [-0.2, -0.15) is 0 Å². The molecule has 0 aliphatic heterocycles. The third kappa shape index (κ3) is 4.15. The van der Waals surface area contributed by atoms with E-state index in [9.17, 15) is 4.79 Å². The minimum Gasteiger partial charge on any atom is -0.287 e. The van der Waals surface area contributed by atoms with Crippen LogP contribution in [-0.2, 0) is 4.79 Å². The molecule has 0 spiro atoms. The third-order valence-electron chi connectivity index (χ3n) is 2.17. The zero-order chi connectivity index (χ0) is 9.61. The number of thioether (sulfide) groups is 1. The topological polar surface area (TPSA) is 17.1 Å². The van der Waals surface area contributed by atoms with Gasteiger partial charge in [-0.05, 0) is 12.8 Å². The Hall–Kier alpha value is 0.0200. The van der Waals surface area contributed by atoms with Gasteiger partial charge in [0.2, 0.25) is 0 Å². The molecule has 0 saturated heterocycles. The van der Waals surface area contributed by atoms with Crippen LogP contribution in [0.25, 0.3) is 0 Å². The number of carbonyl (C=O) groups is 1. The first-order chi connectivity index (χ1) is 5.54. The molecule has 0 fully saturated rings. The molecule has 0 N–H and O–H groups in total. The lowest BCUT2D eigenvalue weighted by atomic mass is 9.92. The number of hydrogen-bond donors (Lipinski definition) is 0. The van der Waals surface area contributed by atoms with Crippen LogP contribution in [0.1, 0.15) is 47.0 Å². The second kappa shape index (κ2) is 5.63. The van der Waals surface area contributed by atoms with Crippen LogP contribution in [0.2, 0.25) is 0 Å². The smallest absolute Gasteiger partial charge is 0.194 e. The first kappa shape index (κ1) is 12.0. The maximum Gasteiger partial charge on any atom is 0.194 e. The molecule has 0 radical (unpaired) electrons. The van der Waals surface area contributed by atoms with Gasteiger partial charge >= 0.3 is 0 Å². The fourth-order valence-corrected chi connectivity index (χ4v) is 1.80. The molecule has 2 heteroatoms. The molecule has 0 aliphatic carbocycles. The average Bonchev–Trinajstić information content (AvgIpc) is 2.05. The number of carbonyl (C=O) groups excluding carboxylic acids is 1. The van der Waals surface area contributed by atoms with Gasteiger partial charge < -0.3 is 0 Å². The molecule has 12 heavy (non-hydrogen) atoms. The Morgan fingerprint density at radius 2 is 1.92 bits per heavy atom. The van der Waals surface area contributed by atoms with Crippen molar-refractivity contribution >= 4 is 16.9 Å². The minimum absolute atomic E-state index is 0.127. The Balaban J connectivity index is 3.72. The largest absolute Gasteiger partial charge is 0.287 e. The van der Waals surface area contributed by atoms with Crippen molar-refractivity contribution in [2.24, 2.45) is 5.41 Å². The van der Waals surface area contributed by atoms with E-state index in [1.54, 1.807) is 0 Å². The van der Waals surface area contributed by atoms with Crippen molar-refractivity contribution in [3.05, 3.63) is 0 Å². The van der Waals surface area contributed by atoms with Gasteiger partial charge in [0.25, 0.3) is 0 Å². The second-order valence-electron chi connectivity index (χ2n) is 3.73. The fraction of sp³-hybridized carbons (Fsp3) is 0.900. The van der Waals surface area contributed by atoms with Gasteiger partial charge in [0.05, 0.1) is 0 Å². The highest BCUT2D eigenvalue weighted by molar-refractivity contribution is 8.13. The molecule has 0 bridgehead atoms. The molecule has 1 nitrogen and oxygen atoms in total. The van der Waals surface area contributed by atoms with Crippen LogP contribution in [0, 0.1) is 5.41 Å². The number of rotatable bonds is 5. The van der Waals surface area contributed by atoms with Gasteiger partial charge in [0.15, 0.2) is 5.12 Å². The normalized spacial score (nSPS) is 11.7. The van der Waals surface area contributed by atoms with E-state index in [2.05, 4.69) is 13.8 Å². The van der Waals surface area contributed by atoms with Crippen molar-refractivity contribution < 1.29 is 4.79 Å². The minimum atomic E-state index is -0.127. The summed E-state index contributed by atoms with van der Waals surface area (Å²) in [5, 5.41) is 0.346. The molecular formula is C10H20OS. The molecule has 72 valence electrons. The first-order valence-corrected chi connectivity index (χ1v) is 5.70. The predicted molar refractivity (Wildman–Crippen MR) is 56.4 cm³/mol. The summed E-state index contributed by atoms with van der Waals surface area (Å²) in [7, 11) is 0. The lowest BCUT2D eigenvalue weighted by molar-refractivity contribution is -0.118.